The zero-order valence-electron chi connectivity index (χ0n) is 14.9. The van der Waals surface area contributed by atoms with Gasteiger partial charge in [0.05, 0.1) is 11.4 Å². The summed E-state index contributed by atoms with van der Waals surface area (Å²) < 4.78 is 42.1. The molecule has 0 aromatic heterocycles. The van der Waals surface area contributed by atoms with E-state index >= 15 is 0 Å². The van der Waals surface area contributed by atoms with E-state index in [-0.39, 0.29) is 36.4 Å². The highest BCUT2D eigenvalue weighted by Crippen LogP contribution is 2.25. The van der Waals surface area contributed by atoms with Crippen molar-refractivity contribution in [1.29, 1.82) is 0 Å². The van der Waals surface area contributed by atoms with Gasteiger partial charge in [-0.25, -0.2) is 17.1 Å². The molecule has 5 nitrogen and oxygen atoms in total. The Labute approximate surface area is 180 Å². The van der Waals surface area contributed by atoms with Crippen molar-refractivity contribution in [3.8, 4) is 0 Å². The minimum Gasteiger partial charge on any atom is -0.323 e. The van der Waals surface area contributed by atoms with Gasteiger partial charge in [0.25, 0.3) is 0 Å². The molecule has 1 N–H and O–H groups in total. The Morgan fingerprint density at radius 3 is 2.43 bits per heavy atom. The minimum absolute atomic E-state index is 0.0760. The molecule has 0 radical (unpaired) electrons. The number of halogens is 3. The van der Waals surface area contributed by atoms with Crippen molar-refractivity contribution in [2.45, 2.75) is 18.6 Å². The number of amides is 1. The van der Waals surface area contributed by atoms with Crippen LogP contribution in [0.2, 0.25) is 0 Å². The number of benzene rings is 2. The fraction of sp³-hybridized carbons (Fsp3) is 0.316. The van der Waals surface area contributed by atoms with Crippen LogP contribution in [-0.4, -0.2) is 31.7 Å². The van der Waals surface area contributed by atoms with Crippen molar-refractivity contribution in [3.05, 3.63) is 62.8 Å². The first-order chi connectivity index (χ1) is 13.2. The number of nitrogens with one attached hydrogen (secondary N) is 1. The molecule has 1 heterocycles. The molecule has 3 rings (SSSR count). The number of rotatable bonds is 5. The number of sulfonamides is 1. The van der Waals surface area contributed by atoms with Crippen molar-refractivity contribution in [3.63, 3.8) is 0 Å². The average Bonchev–Trinajstić information content (AvgIpc) is 2.64. The molecule has 0 bridgehead atoms. The van der Waals surface area contributed by atoms with E-state index in [1.54, 1.807) is 24.3 Å². The monoisotopic (exact) mass is 532 g/mol. The molecule has 0 spiro atoms. The van der Waals surface area contributed by atoms with Crippen LogP contribution in [0.15, 0.2) is 51.4 Å². The number of anilines is 1. The van der Waals surface area contributed by atoms with Gasteiger partial charge in [-0.1, -0.05) is 44.0 Å². The minimum atomic E-state index is -3.46. The maximum absolute atomic E-state index is 13.9. The van der Waals surface area contributed by atoms with E-state index in [2.05, 4.69) is 37.2 Å². The average molecular weight is 534 g/mol. The third kappa shape index (κ3) is 5.40. The van der Waals surface area contributed by atoms with E-state index in [0.717, 1.165) is 4.47 Å². The van der Waals surface area contributed by atoms with Crippen molar-refractivity contribution >= 4 is 53.5 Å². The number of piperidine rings is 1. The third-order valence-corrected chi connectivity index (χ3v) is 7.48. The van der Waals surface area contributed by atoms with Gasteiger partial charge in [0, 0.05) is 28.0 Å². The SMILES string of the molecule is O=C(Nc1ccc(Br)cc1F)C1CCN(S(=O)(=O)Cc2cccc(Br)c2)CC1. The molecule has 1 aliphatic rings. The molecule has 9 heteroatoms. The standard InChI is InChI=1S/C19H19Br2FN2O3S/c20-15-3-1-2-13(10-15)12-28(26,27)24-8-6-14(7-9-24)19(25)23-18-5-4-16(21)11-17(18)22/h1-5,10-11,14H,6-9,12H2,(H,23,25). The van der Waals surface area contributed by atoms with Crippen LogP contribution in [0, 0.1) is 11.7 Å². The first-order valence-electron chi connectivity index (χ1n) is 8.73. The second kappa shape index (κ2) is 9.02. The molecule has 150 valence electrons. The first kappa shape index (κ1) is 21.4. The summed E-state index contributed by atoms with van der Waals surface area (Å²) in [6, 6.07) is 11.6. The zero-order valence-corrected chi connectivity index (χ0v) is 18.9. The maximum Gasteiger partial charge on any atom is 0.227 e. The number of nitrogens with zero attached hydrogens (tertiary/aromatic N) is 1. The summed E-state index contributed by atoms with van der Waals surface area (Å²) in [5, 5.41) is 2.60. The number of carbonyl (C=O) groups is 1. The number of carbonyl (C=O) groups excluding carboxylic acids is 1. The van der Waals surface area contributed by atoms with Crippen LogP contribution in [0.25, 0.3) is 0 Å². The predicted octanol–water partition coefficient (Wildman–Crippen LogP) is 4.53. The third-order valence-electron chi connectivity index (χ3n) is 4.65. The molecule has 1 fully saturated rings. The highest BCUT2D eigenvalue weighted by atomic mass is 79.9. The normalized spacial score (nSPS) is 16.1. The lowest BCUT2D eigenvalue weighted by Gasteiger charge is -2.30. The van der Waals surface area contributed by atoms with Gasteiger partial charge >= 0.3 is 0 Å². The highest BCUT2D eigenvalue weighted by Gasteiger charge is 2.31. The topological polar surface area (TPSA) is 66.5 Å². The fourth-order valence-corrected chi connectivity index (χ4v) is 5.48. The summed E-state index contributed by atoms with van der Waals surface area (Å²) in [5.41, 5.74) is 0.831. The summed E-state index contributed by atoms with van der Waals surface area (Å²) in [6.07, 6.45) is 0.809. The largest absolute Gasteiger partial charge is 0.323 e. The van der Waals surface area contributed by atoms with Gasteiger partial charge in [-0.2, -0.15) is 0 Å². The van der Waals surface area contributed by atoms with Gasteiger partial charge in [0.2, 0.25) is 15.9 Å². The molecule has 0 unspecified atom stereocenters. The second-order valence-electron chi connectivity index (χ2n) is 6.67. The second-order valence-corrected chi connectivity index (χ2v) is 10.5. The lowest BCUT2D eigenvalue weighted by atomic mass is 9.97. The quantitative estimate of drug-likeness (QED) is 0.614. The number of hydrogen-bond acceptors (Lipinski definition) is 3. The summed E-state index contributed by atoms with van der Waals surface area (Å²) in [5.74, 6) is -1.23. The van der Waals surface area contributed by atoms with E-state index < -0.39 is 15.8 Å². The van der Waals surface area contributed by atoms with E-state index in [4.69, 9.17) is 0 Å². The lowest BCUT2D eigenvalue weighted by molar-refractivity contribution is -0.120. The van der Waals surface area contributed by atoms with Gasteiger partial charge < -0.3 is 5.32 Å². The molecule has 1 saturated heterocycles. The Bertz CT molecular complexity index is 977. The Hall–Kier alpha value is -1.29. The van der Waals surface area contributed by atoms with Crippen LogP contribution in [0.5, 0.6) is 0 Å². The summed E-state index contributed by atoms with van der Waals surface area (Å²) in [4.78, 5) is 12.4. The molecule has 0 atom stereocenters. The molecule has 1 amide bonds. The predicted molar refractivity (Wildman–Crippen MR) is 114 cm³/mol. The number of hydrogen-bond donors (Lipinski definition) is 1. The van der Waals surface area contributed by atoms with Crippen LogP contribution < -0.4 is 5.32 Å². The Morgan fingerprint density at radius 2 is 1.79 bits per heavy atom. The summed E-state index contributed by atoms with van der Waals surface area (Å²) >= 11 is 6.52. The molecule has 2 aromatic carbocycles. The fourth-order valence-electron chi connectivity index (χ4n) is 3.15. The van der Waals surface area contributed by atoms with E-state index in [0.29, 0.717) is 22.9 Å². The van der Waals surface area contributed by atoms with Gasteiger partial charge in [0.1, 0.15) is 5.82 Å². The summed E-state index contributed by atoms with van der Waals surface area (Å²) in [7, 11) is -3.46. The molecule has 28 heavy (non-hydrogen) atoms. The van der Waals surface area contributed by atoms with Gasteiger partial charge in [-0.05, 0) is 48.7 Å². The molecular formula is C19H19Br2FN2O3S. The van der Waals surface area contributed by atoms with Crippen LogP contribution in [0.1, 0.15) is 18.4 Å². The Kier molecular flexibility index (Phi) is 6.90. The van der Waals surface area contributed by atoms with Crippen LogP contribution >= 0.6 is 31.9 Å². The maximum atomic E-state index is 13.9. The molecule has 0 saturated carbocycles. The van der Waals surface area contributed by atoms with Gasteiger partial charge in [0.15, 0.2) is 0 Å². The molecule has 0 aliphatic carbocycles. The van der Waals surface area contributed by atoms with Crippen molar-refractivity contribution < 1.29 is 17.6 Å². The van der Waals surface area contributed by atoms with Gasteiger partial charge in [-0.15, -0.1) is 0 Å². The van der Waals surface area contributed by atoms with Crippen LogP contribution in [0.3, 0.4) is 0 Å². The lowest BCUT2D eigenvalue weighted by Crippen LogP contribution is -2.41. The molecule has 1 aliphatic heterocycles. The first-order valence-corrected chi connectivity index (χ1v) is 11.9. The van der Waals surface area contributed by atoms with E-state index in [1.807, 2.05) is 6.07 Å². The smallest absolute Gasteiger partial charge is 0.227 e. The van der Waals surface area contributed by atoms with E-state index in [9.17, 15) is 17.6 Å². The highest BCUT2D eigenvalue weighted by molar-refractivity contribution is 9.10. The van der Waals surface area contributed by atoms with E-state index in [1.165, 1.54) is 16.4 Å². The zero-order chi connectivity index (χ0) is 20.3. The van der Waals surface area contributed by atoms with Crippen molar-refractivity contribution in [2.75, 3.05) is 18.4 Å². The van der Waals surface area contributed by atoms with Crippen molar-refractivity contribution in [1.82, 2.24) is 4.31 Å². The van der Waals surface area contributed by atoms with Crippen LogP contribution in [0.4, 0.5) is 10.1 Å². The Morgan fingerprint density at radius 1 is 1.11 bits per heavy atom. The van der Waals surface area contributed by atoms with Crippen LogP contribution in [-0.2, 0) is 20.6 Å². The van der Waals surface area contributed by atoms with Crippen molar-refractivity contribution in [2.24, 2.45) is 5.92 Å². The summed E-state index contributed by atoms with van der Waals surface area (Å²) in [6.45, 7) is 0.550. The Balaban J connectivity index is 1.58. The van der Waals surface area contributed by atoms with Gasteiger partial charge in [-0.3, -0.25) is 4.79 Å². The molecular weight excluding hydrogens is 515 g/mol. The molecule has 2 aromatic rings.